The fourth-order valence-corrected chi connectivity index (χ4v) is 3.69. The van der Waals surface area contributed by atoms with Crippen LogP contribution in [-0.2, 0) is 12.5 Å². The molecule has 1 saturated carbocycles. The van der Waals surface area contributed by atoms with Crippen molar-refractivity contribution in [2.75, 3.05) is 6.54 Å². The van der Waals surface area contributed by atoms with E-state index in [4.69, 9.17) is 10.7 Å². The molecular formula is C16H23N3. The Labute approximate surface area is 114 Å². The van der Waals surface area contributed by atoms with Gasteiger partial charge in [-0.2, -0.15) is 0 Å². The molecule has 1 aromatic carbocycles. The molecule has 0 spiro atoms. The highest BCUT2D eigenvalue weighted by molar-refractivity contribution is 5.79. The van der Waals surface area contributed by atoms with Crippen LogP contribution in [0.25, 0.3) is 11.0 Å². The molecule has 3 nitrogen and oxygen atoms in total. The average Bonchev–Trinajstić information content (AvgIpc) is 2.79. The molecule has 19 heavy (non-hydrogen) atoms. The van der Waals surface area contributed by atoms with Gasteiger partial charge in [0.2, 0.25) is 0 Å². The molecule has 1 heterocycles. The van der Waals surface area contributed by atoms with Crippen LogP contribution in [0.2, 0.25) is 0 Å². The van der Waals surface area contributed by atoms with Gasteiger partial charge in [-0.1, -0.05) is 31.4 Å². The summed E-state index contributed by atoms with van der Waals surface area (Å²) in [6.07, 6.45) is 6.25. The highest BCUT2D eigenvalue weighted by Gasteiger charge is 2.36. The third-order valence-electron chi connectivity index (χ3n) is 4.77. The van der Waals surface area contributed by atoms with E-state index in [2.05, 4.69) is 36.7 Å². The summed E-state index contributed by atoms with van der Waals surface area (Å²) < 4.78 is 2.28. The van der Waals surface area contributed by atoms with E-state index < -0.39 is 0 Å². The second-order valence-electron chi connectivity index (χ2n) is 5.98. The summed E-state index contributed by atoms with van der Waals surface area (Å²) in [6, 6.07) is 6.35. The quantitative estimate of drug-likeness (QED) is 0.898. The first-order chi connectivity index (χ1) is 9.18. The number of aryl methyl sites for hydroxylation is 2. The predicted molar refractivity (Wildman–Crippen MR) is 79.3 cm³/mol. The third-order valence-corrected chi connectivity index (χ3v) is 4.77. The highest BCUT2D eigenvalue weighted by Crippen LogP contribution is 2.39. The Bertz CT molecular complexity index is 591. The van der Waals surface area contributed by atoms with Gasteiger partial charge >= 0.3 is 0 Å². The van der Waals surface area contributed by atoms with Crippen molar-refractivity contribution in [1.82, 2.24) is 9.55 Å². The minimum absolute atomic E-state index is 0.0957. The minimum atomic E-state index is 0.0957. The molecule has 2 aromatic rings. The first-order valence-corrected chi connectivity index (χ1v) is 7.30. The van der Waals surface area contributed by atoms with Crippen molar-refractivity contribution >= 4 is 11.0 Å². The lowest BCUT2D eigenvalue weighted by molar-refractivity contribution is 0.281. The summed E-state index contributed by atoms with van der Waals surface area (Å²) in [6.45, 7) is 2.87. The SMILES string of the molecule is Cc1cccc2nc(C3(CN)CCCCC3)n(C)c12. The summed E-state index contributed by atoms with van der Waals surface area (Å²) in [5, 5.41) is 0. The molecule has 0 saturated heterocycles. The summed E-state index contributed by atoms with van der Waals surface area (Å²) in [5.74, 6) is 1.19. The van der Waals surface area contributed by atoms with Gasteiger partial charge in [0.1, 0.15) is 5.82 Å². The highest BCUT2D eigenvalue weighted by atomic mass is 15.1. The normalized spacial score (nSPS) is 18.9. The maximum atomic E-state index is 6.15. The Morgan fingerprint density at radius 3 is 2.63 bits per heavy atom. The number of benzene rings is 1. The van der Waals surface area contributed by atoms with Crippen LogP contribution in [0.3, 0.4) is 0 Å². The number of fused-ring (bicyclic) bond motifs is 1. The van der Waals surface area contributed by atoms with Crippen molar-refractivity contribution in [3.63, 3.8) is 0 Å². The van der Waals surface area contributed by atoms with Gasteiger partial charge in [0.15, 0.2) is 0 Å². The van der Waals surface area contributed by atoms with Gasteiger partial charge < -0.3 is 10.3 Å². The fourth-order valence-electron chi connectivity index (χ4n) is 3.69. The maximum absolute atomic E-state index is 6.15. The molecule has 0 atom stereocenters. The van der Waals surface area contributed by atoms with Crippen LogP contribution in [0.1, 0.15) is 43.5 Å². The number of hydrogen-bond acceptors (Lipinski definition) is 2. The molecule has 1 aliphatic carbocycles. The number of nitrogens with zero attached hydrogens (tertiary/aromatic N) is 2. The van der Waals surface area contributed by atoms with Crippen molar-refractivity contribution in [3.05, 3.63) is 29.6 Å². The number of para-hydroxylation sites is 1. The van der Waals surface area contributed by atoms with Crippen LogP contribution in [0, 0.1) is 6.92 Å². The van der Waals surface area contributed by atoms with Crippen LogP contribution in [0.15, 0.2) is 18.2 Å². The largest absolute Gasteiger partial charge is 0.330 e. The van der Waals surface area contributed by atoms with E-state index in [1.54, 1.807) is 0 Å². The van der Waals surface area contributed by atoms with Gasteiger partial charge in [0.25, 0.3) is 0 Å². The Kier molecular flexibility index (Phi) is 3.09. The van der Waals surface area contributed by atoms with Crippen molar-refractivity contribution in [2.24, 2.45) is 12.8 Å². The molecule has 1 fully saturated rings. The molecular weight excluding hydrogens is 234 g/mol. The number of aromatic nitrogens is 2. The van der Waals surface area contributed by atoms with Crippen molar-refractivity contribution < 1.29 is 0 Å². The van der Waals surface area contributed by atoms with Gasteiger partial charge in [-0.15, -0.1) is 0 Å². The third kappa shape index (κ3) is 1.88. The van der Waals surface area contributed by atoms with Gasteiger partial charge in [-0.25, -0.2) is 4.98 Å². The van der Waals surface area contributed by atoms with E-state index in [0.29, 0.717) is 6.54 Å². The maximum Gasteiger partial charge on any atom is 0.117 e. The molecule has 102 valence electrons. The van der Waals surface area contributed by atoms with Gasteiger partial charge in [0, 0.05) is 19.0 Å². The zero-order chi connectivity index (χ0) is 13.5. The second kappa shape index (κ2) is 4.64. The summed E-state index contributed by atoms with van der Waals surface area (Å²) in [4.78, 5) is 4.92. The monoisotopic (exact) mass is 257 g/mol. The van der Waals surface area contributed by atoms with E-state index >= 15 is 0 Å². The van der Waals surface area contributed by atoms with Crippen LogP contribution in [-0.4, -0.2) is 16.1 Å². The molecule has 0 radical (unpaired) electrons. The van der Waals surface area contributed by atoms with Crippen LogP contribution < -0.4 is 5.73 Å². The molecule has 3 rings (SSSR count). The van der Waals surface area contributed by atoms with Crippen molar-refractivity contribution in [3.8, 4) is 0 Å². The lowest BCUT2D eigenvalue weighted by Crippen LogP contribution is -2.39. The van der Waals surface area contributed by atoms with E-state index in [9.17, 15) is 0 Å². The molecule has 1 aliphatic rings. The molecule has 0 amide bonds. The van der Waals surface area contributed by atoms with Gasteiger partial charge in [-0.05, 0) is 31.4 Å². The average molecular weight is 257 g/mol. The summed E-state index contributed by atoms with van der Waals surface area (Å²) in [5.41, 5.74) is 9.90. The Hall–Kier alpha value is -1.35. The van der Waals surface area contributed by atoms with Crippen LogP contribution >= 0.6 is 0 Å². The van der Waals surface area contributed by atoms with Crippen molar-refractivity contribution in [1.29, 1.82) is 0 Å². The molecule has 0 aliphatic heterocycles. The van der Waals surface area contributed by atoms with Crippen LogP contribution in [0.5, 0.6) is 0 Å². The molecule has 1 aromatic heterocycles. The minimum Gasteiger partial charge on any atom is -0.330 e. The molecule has 0 bridgehead atoms. The van der Waals surface area contributed by atoms with Crippen molar-refractivity contribution in [2.45, 2.75) is 44.4 Å². The molecule has 2 N–H and O–H groups in total. The van der Waals surface area contributed by atoms with E-state index in [-0.39, 0.29) is 5.41 Å². The summed E-state index contributed by atoms with van der Waals surface area (Å²) >= 11 is 0. The second-order valence-corrected chi connectivity index (χ2v) is 5.98. The molecule has 0 unspecified atom stereocenters. The topological polar surface area (TPSA) is 43.8 Å². The lowest BCUT2D eigenvalue weighted by Gasteiger charge is -2.35. The number of hydrogen-bond donors (Lipinski definition) is 1. The Morgan fingerprint density at radius 1 is 1.26 bits per heavy atom. The van der Waals surface area contributed by atoms with Gasteiger partial charge in [0.05, 0.1) is 11.0 Å². The number of imidazole rings is 1. The number of nitrogens with two attached hydrogens (primary N) is 1. The van der Waals surface area contributed by atoms with Gasteiger partial charge in [-0.3, -0.25) is 0 Å². The van der Waals surface area contributed by atoms with Crippen LogP contribution in [0.4, 0.5) is 0 Å². The van der Waals surface area contributed by atoms with E-state index in [1.165, 1.54) is 49.0 Å². The molecule has 3 heteroatoms. The number of rotatable bonds is 2. The fraction of sp³-hybridized carbons (Fsp3) is 0.562. The zero-order valence-corrected chi connectivity index (χ0v) is 11.9. The standard InChI is InChI=1S/C16H23N3/c1-12-7-6-8-13-14(12)19(2)15(18-13)16(11-17)9-4-3-5-10-16/h6-8H,3-5,9-11,17H2,1-2H3. The first-order valence-electron chi connectivity index (χ1n) is 7.30. The Morgan fingerprint density at radius 2 is 2.00 bits per heavy atom. The summed E-state index contributed by atoms with van der Waals surface area (Å²) in [7, 11) is 2.14. The predicted octanol–water partition coefficient (Wildman–Crippen LogP) is 3.04. The van der Waals surface area contributed by atoms with E-state index in [1.807, 2.05) is 0 Å². The lowest BCUT2D eigenvalue weighted by atomic mass is 9.73. The zero-order valence-electron chi connectivity index (χ0n) is 11.9. The Balaban J connectivity index is 2.19. The smallest absolute Gasteiger partial charge is 0.117 e. The van der Waals surface area contributed by atoms with E-state index in [0.717, 1.165) is 5.52 Å². The first kappa shape index (κ1) is 12.7.